The number of carbonyl (C=O) groups is 1. The van der Waals surface area contributed by atoms with Crippen LogP contribution in [-0.4, -0.2) is 19.0 Å². The minimum atomic E-state index is 0.00405. The Kier molecular flexibility index (Phi) is 2.45. The van der Waals surface area contributed by atoms with Gasteiger partial charge in [-0.3, -0.25) is 4.79 Å². The molecule has 0 saturated carbocycles. The van der Waals surface area contributed by atoms with Gasteiger partial charge in [-0.15, -0.1) is 11.3 Å². The van der Waals surface area contributed by atoms with Crippen LogP contribution < -0.4 is 0 Å². The van der Waals surface area contributed by atoms with Crippen LogP contribution in [0.5, 0.6) is 0 Å². The zero-order chi connectivity index (χ0) is 10.2. The number of thiophene rings is 1. The smallest absolute Gasteiger partial charge is 0.130 e. The molecule has 1 aromatic rings. The van der Waals surface area contributed by atoms with Crippen LogP contribution in [-0.2, 0) is 14.9 Å². The Morgan fingerprint density at radius 3 is 2.71 bits per heavy atom. The van der Waals surface area contributed by atoms with Crippen LogP contribution in [0.15, 0.2) is 11.4 Å². The molecule has 76 valence electrons. The van der Waals surface area contributed by atoms with Gasteiger partial charge in [0, 0.05) is 11.3 Å². The third kappa shape index (κ3) is 1.51. The number of hydrogen-bond donors (Lipinski definition) is 0. The molecule has 1 aromatic heterocycles. The zero-order valence-electron chi connectivity index (χ0n) is 8.50. The van der Waals surface area contributed by atoms with Gasteiger partial charge >= 0.3 is 0 Å². The number of Topliss-reactive ketones (excluding diaryl/α,β-unsaturated/α-hetero) is 1. The van der Waals surface area contributed by atoms with Gasteiger partial charge in [-0.25, -0.2) is 0 Å². The summed E-state index contributed by atoms with van der Waals surface area (Å²) in [5, 5.41) is 2.09. The maximum Gasteiger partial charge on any atom is 0.130 e. The molecule has 0 radical (unpaired) electrons. The standard InChI is InChI=1S/C11H14O2S/c1-8-3-4-14-10(8)11(5-9(2)12)6-13-7-11/h3-4H,5-7H2,1-2H3. The lowest BCUT2D eigenvalue weighted by molar-refractivity contribution is -0.125. The molecule has 0 N–H and O–H groups in total. The van der Waals surface area contributed by atoms with Gasteiger partial charge in [0.1, 0.15) is 5.78 Å². The molecule has 0 amide bonds. The van der Waals surface area contributed by atoms with Crippen molar-refractivity contribution in [3.63, 3.8) is 0 Å². The van der Waals surface area contributed by atoms with E-state index in [0.29, 0.717) is 19.6 Å². The van der Waals surface area contributed by atoms with Crippen LogP contribution in [0.25, 0.3) is 0 Å². The van der Waals surface area contributed by atoms with Gasteiger partial charge in [0.15, 0.2) is 0 Å². The highest BCUT2D eigenvalue weighted by atomic mass is 32.1. The first-order chi connectivity index (χ1) is 6.64. The second kappa shape index (κ2) is 3.48. The first kappa shape index (κ1) is 9.87. The summed E-state index contributed by atoms with van der Waals surface area (Å²) in [6, 6.07) is 2.11. The molecule has 0 aliphatic carbocycles. The monoisotopic (exact) mass is 210 g/mol. The number of ether oxygens (including phenoxy) is 1. The largest absolute Gasteiger partial charge is 0.379 e. The predicted molar refractivity (Wildman–Crippen MR) is 56.9 cm³/mol. The van der Waals surface area contributed by atoms with Gasteiger partial charge < -0.3 is 4.74 Å². The van der Waals surface area contributed by atoms with Gasteiger partial charge in [0.05, 0.1) is 18.6 Å². The summed E-state index contributed by atoms with van der Waals surface area (Å²) in [7, 11) is 0. The SMILES string of the molecule is CC(=O)CC1(c2sccc2C)COC1. The molecule has 0 aromatic carbocycles. The van der Waals surface area contributed by atoms with Gasteiger partial charge in [-0.1, -0.05) is 0 Å². The quantitative estimate of drug-likeness (QED) is 0.765. The molecule has 0 spiro atoms. The Balaban J connectivity index is 2.29. The van der Waals surface area contributed by atoms with Crippen molar-refractivity contribution in [1.82, 2.24) is 0 Å². The van der Waals surface area contributed by atoms with Crippen LogP contribution in [0.3, 0.4) is 0 Å². The number of carbonyl (C=O) groups excluding carboxylic acids is 1. The fraction of sp³-hybridized carbons (Fsp3) is 0.545. The van der Waals surface area contributed by atoms with Crippen molar-refractivity contribution in [3.8, 4) is 0 Å². The summed E-state index contributed by atoms with van der Waals surface area (Å²) in [5.74, 6) is 0.251. The minimum Gasteiger partial charge on any atom is -0.379 e. The van der Waals surface area contributed by atoms with Crippen molar-refractivity contribution in [2.45, 2.75) is 25.7 Å². The topological polar surface area (TPSA) is 26.3 Å². The Morgan fingerprint density at radius 1 is 1.64 bits per heavy atom. The van der Waals surface area contributed by atoms with E-state index in [-0.39, 0.29) is 11.2 Å². The Hall–Kier alpha value is -0.670. The lowest BCUT2D eigenvalue weighted by atomic mass is 9.78. The van der Waals surface area contributed by atoms with Crippen molar-refractivity contribution >= 4 is 17.1 Å². The molecule has 1 aliphatic heterocycles. The van der Waals surface area contributed by atoms with E-state index in [4.69, 9.17) is 4.74 Å². The molecule has 1 aliphatic rings. The summed E-state index contributed by atoms with van der Waals surface area (Å²) in [6.07, 6.45) is 0.619. The highest BCUT2D eigenvalue weighted by molar-refractivity contribution is 7.10. The van der Waals surface area contributed by atoms with E-state index in [2.05, 4.69) is 18.4 Å². The summed E-state index contributed by atoms with van der Waals surface area (Å²) >= 11 is 1.74. The summed E-state index contributed by atoms with van der Waals surface area (Å²) in [6.45, 7) is 5.16. The molecule has 1 saturated heterocycles. The number of aryl methyl sites for hydroxylation is 1. The molecule has 0 atom stereocenters. The van der Waals surface area contributed by atoms with E-state index in [1.807, 2.05) is 0 Å². The zero-order valence-corrected chi connectivity index (χ0v) is 9.32. The summed E-state index contributed by atoms with van der Waals surface area (Å²) in [4.78, 5) is 12.5. The first-order valence-electron chi connectivity index (χ1n) is 4.76. The molecule has 14 heavy (non-hydrogen) atoms. The second-order valence-corrected chi connectivity index (χ2v) is 5.00. The van der Waals surface area contributed by atoms with Gasteiger partial charge in [-0.2, -0.15) is 0 Å². The van der Waals surface area contributed by atoms with Crippen LogP contribution in [0, 0.1) is 6.92 Å². The van der Waals surface area contributed by atoms with E-state index >= 15 is 0 Å². The minimum absolute atomic E-state index is 0.00405. The van der Waals surface area contributed by atoms with E-state index in [1.54, 1.807) is 18.3 Å². The van der Waals surface area contributed by atoms with E-state index in [9.17, 15) is 4.79 Å². The molecule has 0 unspecified atom stereocenters. The highest BCUT2D eigenvalue weighted by Crippen LogP contribution is 2.40. The third-order valence-electron chi connectivity index (χ3n) is 2.69. The van der Waals surface area contributed by atoms with Gasteiger partial charge in [-0.05, 0) is 30.9 Å². The van der Waals surface area contributed by atoms with Crippen molar-refractivity contribution in [2.24, 2.45) is 0 Å². The van der Waals surface area contributed by atoms with Gasteiger partial charge in [0.2, 0.25) is 0 Å². The number of ketones is 1. The number of rotatable bonds is 3. The van der Waals surface area contributed by atoms with Gasteiger partial charge in [0.25, 0.3) is 0 Å². The average Bonchev–Trinajstić information content (AvgIpc) is 2.44. The Labute approximate surface area is 87.9 Å². The Bertz CT molecular complexity index is 350. The van der Waals surface area contributed by atoms with Crippen LogP contribution in [0.1, 0.15) is 23.8 Å². The summed E-state index contributed by atoms with van der Waals surface area (Å²) < 4.78 is 5.27. The molecular weight excluding hydrogens is 196 g/mol. The van der Waals surface area contributed by atoms with Crippen LogP contribution in [0.4, 0.5) is 0 Å². The van der Waals surface area contributed by atoms with E-state index in [1.165, 1.54) is 10.4 Å². The molecular formula is C11H14O2S. The lowest BCUT2D eigenvalue weighted by Crippen LogP contribution is -2.47. The predicted octanol–water partition coefficient (Wildman–Crippen LogP) is 2.30. The molecule has 2 rings (SSSR count). The lowest BCUT2D eigenvalue weighted by Gasteiger charge is -2.40. The maximum atomic E-state index is 11.2. The summed E-state index contributed by atoms with van der Waals surface area (Å²) in [5.41, 5.74) is 1.30. The van der Waals surface area contributed by atoms with E-state index in [0.717, 1.165) is 0 Å². The molecule has 2 nitrogen and oxygen atoms in total. The fourth-order valence-electron chi connectivity index (χ4n) is 2.05. The molecule has 0 bridgehead atoms. The fourth-order valence-corrected chi connectivity index (χ4v) is 3.16. The Morgan fingerprint density at radius 2 is 2.36 bits per heavy atom. The van der Waals surface area contributed by atoms with Crippen molar-refractivity contribution < 1.29 is 9.53 Å². The second-order valence-electron chi connectivity index (χ2n) is 4.08. The van der Waals surface area contributed by atoms with Crippen molar-refractivity contribution in [3.05, 3.63) is 21.9 Å². The molecule has 2 heterocycles. The third-order valence-corrected chi connectivity index (χ3v) is 3.95. The molecule has 1 fully saturated rings. The normalized spacial score (nSPS) is 19.0. The number of hydrogen-bond acceptors (Lipinski definition) is 3. The first-order valence-corrected chi connectivity index (χ1v) is 5.64. The van der Waals surface area contributed by atoms with Crippen LogP contribution in [0.2, 0.25) is 0 Å². The highest BCUT2D eigenvalue weighted by Gasteiger charge is 2.43. The molecule has 3 heteroatoms. The average molecular weight is 210 g/mol. The van der Waals surface area contributed by atoms with Crippen LogP contribution >= 0.6 is 11.3 Å². The van der Waals surface area contributed by atoms with Crippen molar-refractivity contribution in [1.29, 1.82) is 0 Å². The van der Waals surface area contributed by atoms with E-state index < -0.39 is 0 Å². The van der Waals surface area contributed by atoms with Crippen molar-refractivity contribution in [2.75, 3.05) is 13.2 Å². The maximum absolute atomic E-state index is 11.2.